The van der Waals surface area contributed by atoms with Gasteiger partial charge in [0.2, 0.25) is 0 Å². The number of hydrogen-bond donors (Lipinski definition) is 0. The van der Waals surface area contributed by atoms with Crippen LogP contribution in [0.25, 0.3) is 0 Å². The highest BCUT2D eigenvalue weighted by molar-refractivity contribution is 6.74. The van der Waals surface area contributed by atoms with E-state index in [-0.39, 0.29) is 17.2 Å². The maximum absolute atomic E-state index is 13.0. The summed E-state index contributed by atoms with van der Waals surface area (Å²) < 4.78 is 16.8. The van der Waals surface area contributed by atoms with Crippen LogP contribution in [-0.4, -0.2) is 55.6 Å². The third kappa shape index (κ3) is 7.53. The van der Waals surface area contributed by atoms with Gasteiger partial charge in [0.05, 0.1) is 13.7 Å². The largest absolute Gasteiger partial charge is 0.464 e. The lowest BCUT2D eigenvalue weighted by Crippen LogP contribution is -2.47. The Kier molecular flexibility index (Phi) is 8.73. The van der Waals surface area contributed by atoms with Crippen LogP contribution in [0.3, 0.4) is 0 Å². The molecule has 0 radical (unpaired) electrons. The van der Waals surface area contributed by atoms with Gasteiger partial charge in [0.25, 0.3) is 0 Å². The molecule has 1 aromatic heterocycles. The Morgan fingerprint density at radius 3 is 2.36 bits per heavy atom. The zero-order valence-corrected chi connectivity index (χ0v) is 22.9. The summed E-state index contributed by atoms with van der Waals surface area (Å²) in [6.07, 6.45) is 2.97. The molecule has 0 saturated carbocycles. The van der Waals surface area contributed by atoms with Crippen molar-refractivity contribution >= 4 is 20.4 Å². The van der Waals surface area contributed by atoms with Gasteiger partial charge in [-0.1, -0.05) is 26.8 Å². The van der Waals surface area contributed by atoms with Crippen molar-refractivity contribution in [2.45, 2.75) is 104 Å². The van der Waals surface area contributed by atoms with E-state index in [1.165, 1.54) is 7.11 Å². The zero-order chi connectivity index (χ0) is 25.0. The first-order valence-corrected chi connectivity index (χ1v) is 14.8. The Balaban J connectivity index is 2.09. The first-order valence-electron chi connectivity index (χ1n) is 11.9. The van der Waals surface area contributed by atoms with Crippen molar-refractivity contribution in [2.75, 3.05) is 13.7 Å². The summed E-state index contributed by atoms with van der Waals surface area (Å²) >= 11 is 0. The highest BCUT2D eigenvalue weighted by atomic mass is 28.4. The SMILES string of the molecule is COC(=O)c1ccc2c(n1)CC(CCCCO[Si](C)(C)C(C)(C)C)N(C(=O)OC(C)(C)C)C2. The Labute approximate surface area is 200 Å². The first-order chi connectivity index (χ1) is 15.1. The summed E-state index contributed by atoms with van der Waals surface area (Å²) in [5.74, 6) is -0.452. The molecule has 0 aromatic carbocycles. The number of esters is 1. The number of ether oxygens (including phenoxy) is 2. The number of aromatic nitrogens is 1. The summed E-state index contributed by atoms with van der Waals surface area (Å²) in [7, 11) is -0.410. The van der Waals surface area contributed by atoms with Crippen molar-refractivity contribution in [3.63, 3.8) is 0 Å². The van der Waals surface area contributed by atoms with Crippen molar-refractivity contribution in [1.82, 2.24) is 9.88 Å². The van der Waals surface area contributed by atoms with Crippen molar-refractivity contribution in [1.29, 1.82) is 0 Å². The van der Waals surface area contributed by atoms with Gasteiger partial charge in [-0.25, -0.2) is 14.6 Å². The number of fused-ring (bicyclic) bond motifs is 1. The monoisotopic (exact) mass is 478 g/mol. The number of carbonyl (C=O) groups excluding carboxylic acids is 2. The van der Waals surface area contributed by atoms with E-state index < -0.39 is 19.9 Å². The molecule has 1 aliphatic rings. The maximum Gasteiger partial charge on any atom is 0.410 e. The van der Waals surface area contributed by atoms with Gasteiger partial charge in [-0.2, -0.15) is 0 Å². The second-order valence-corrected chi connectivity index (χ2v) is 16.2. The summed E-state index contributed by atoms with van der Waals surface area (Å²) in [6, 6.07) is 3.46. The summed E-state index contributed by atoms with van der Waals surface area (Å²) in [4.78, 5) is 31.2. The van der Waals surface area contributed by atoms with Crippen molar-refractivity contribution < 1.29 is 23.5 Å². The summed E-state index contributed by atoms with van der Waals surface area (Å²) in [5.41, 5.74) is 1.51. The predicted molar refractivity (Wildman–Crippen MR) is 132 cm³/mol. The third-order valence-corrected chi connectivity index (χ3v) is 11.0. The van der Waals surface area contributed by atoms with Gasteiger partial charge < -0.3 is 18.8 Å². The van der Waals surface area contributed by atoms with E-state index in [0.717, 1.165) is 37.1 Å². The van der Waals surface area contributed by atoms with E-state index >= 15 is 0 Å². The number of unbranched alkanes of at least 4 members (excludes halogenated alkanes) is 1. The predicted octanol–water partition coefficient (Wildman–Crippen LogP) is 5.72. The van der Waals surface area contributed by atoms with Gasteiger partial charge in [-0.15, -0.1) is 0 Å². The number of carbonyl (C=O) groups is 2. The maximum atomic E-state index is 13.0. The van der Waals surface area contributed by atoms with Crippen LogP contribution in [0.5, 0.6) is 0 Å². The van der Waals surface area contributed by atoms with Crippen LogP contribution >= 0.6 is 0 Å². The molecular formula is C25H42N2O5Si. The number of amides is 1. The molecule has 186 valence electrons. The van der Waals surface area contributed by atoms with Crippen LogP contribution in [0.4, 0.5) is 4.79 Å². The number of hydrogen-bond acceptors (Lipinski definition) is 6. The van der Waals surface area contributed by atoms with Crippen LogP contribution in [0.1, 0.15) is 82.6 Å². The molecule has 2 heterocycles. The molecule has 0 N–H and O–H groups in total. The fraction of sp³-hybridized carbons (Fsp3) is 0.720. The van der Waals surface area contributed by atoms with Crippen LogP contribution in [0, 0.1) is 0 Å². The number of rotatable bonds is 7. The molecule has 1 amide bonds. The summed E-state index contributed by atoms with van der Waals surface area (Å²) in [6.45, 7) is 18.0. The molecule has 7 nitrogen and oxygen atoms in total. The first kappa shape index (κ1) is 27.3. The fourth-order valence-electron chi connectivity index (χ4n) is 3.53. The minimum Gasteiger partial charge on any atom is -0.464 e. The molecule has 8 heteroatoms. The average molecular weight is 479 g/mol. The lowest BCUT2D eigenvalue weighted by atomic mass is 9.95. The average Bonchev–Trinajstić information content (AvgIpc) is 2.69. The van der Waals surface area contributed by atoms with Gasteiger partial charge in [-0.05, 0) is 69.8 Å². The molecule has 1 aromatic rings. The van der Waals surface area contributed by atoms with Gasteiger partial charge in [0.1, 0.15) is 11.3 Å². The third-order valence-electron chi connectivity index (χ3n) is 6.50. The molecule has 0 aliphatic carbocycles. The highest BCUT2D eigenvalue weighted by Gasteiger charge is 2.37. The molecule has 1 aliphatic heterocycles. The number of nitrogens with zero attached hydrogens (tertiary/aromatic N) is 2. The Morgan fingerprint density at radius 1 is 1.12 bits per heavy atom. The van der Waals surface area contributed by atoms with E-state index in [2.05, 4.69) is 38.8 Å². The second kappa shape index (κ2) is 10.6. The van der Waals surface area contributed by atoms with Crippen molar-refractivity contribution in [3.8, 4) is 0 Å². The number of methoxy groups -OCH3 is 1. The molecule has 0 spiro atoms. The molecule has 2 rings (SSSR count). The lowest BCUT2D eigenvalue weighted by molar-refractivity contribution is 0.0103. The van der Waals surface area contributed by atoms with Crippen LogP contribution in [0.2, 0.25) is 18.1 Å². The standard InChI is InChI=1S/C25H42N2O5Si/c1-24(2,3)32-23(29)27-17-18-13-14-20(22(28)30-7)26-21(18)16-19(27)12-10-11-15-31-33(8,9)25(4,5)6/h13-14,19H,10-12,15-17H2,1-9H3. The van der Waals surface area contributed by atoms with E-state index in [1.54, 1.807) is 6.07 Å². The van der Waals surface area contributed by atoms with Gasteiger partial charge in [0.15, 0.2) is 8.32 Å². The van der Waals surface area contributed by atoms with E-state index in [1.807, 2.05) is 31.7 Å². The van der Waals surface area contributed by atoms with Crippen molar-refractivity contribution in [2.24, 2.45) is 0 Å². The Bertz CT molecular complexity index is 842. The van der Waals surface area contributed by atoms with Gasteiger partial charge in [0, 0.05) is 24.8 Å². The van der Waals surface area contributed by atoms with Crippen LogP contribution in [0.15, 0.2) is 12.1 Å². The Morgan fingerprint density at radius 2 is 1.79 bits per heavy atom. The molecule has 0 fully saturated rings. The van der Waals surface area contributed by atoms with Gasteiger partial charge in [-0.3, -0.25) is 0 Å². The van der Waals surface area contributed by atoms with E-state index in [4.69, 9.17) is 13.9 Å². The normalized spacial score (nSPS) is 16.9. The minimum absolute atomic E-state index is 0.0411. The molecule has 0 saturated heterocycles. The fourth-order valence-corrected chi connectivity index (χ4v) is 4.62. The summed E-state index contributed by atoms with van der Waals surface area (Å²) in [5, 5.41) is 0.191. The quantitative estimate of drug-likeness (QED) is 0.283. The van der Waals surface area contributed by atoms with E-state index in [0.29, 0.717) is 18.7 Å². The topological polar surface area (TPSA) is 78.0 Å². The smallest absolute Gasteiger partial charge is 0.410 e. The molecule has 33 heavy (non-hydrogen) atoms. The lowest BCUT2D eigenvalue weighted by Gasteiger charge is -2.38. The van der Waals surface area contributed by atoms with E-state index in [9.17, 15) is 9.59 Å². The number of pyridine rings is 1. The highest BCUT2D eigenvalue weighted by Crippen LogP contribution is 2.36. The Hall–Kier alpha value is -1.93. The molecule has 1 atom stereocenters. The van der Waals surface area contributed by atoms with Crippen molar-refractivity contribution in [3.05, 3.63) is 29.1 Å². The molecular weight excluding hydrogens is 436 g/mol. The molecule has 0 bridgehead atoms. The zero-order valence-electron chi connectivity index (χ0n) is 21.9. The van der Waals surface area contributed by atoms with Crippen LogP contribution in [-0.2, 0) is 26.9 Å². The van der Waals surface area contributed by atoms with Crippen LogP contribution < -0.4 is 0 Å². The van der Waals surface area contributed by atoms with Gasteiger partial charge >= 0.3 is 12.1 Å². The second-order valence-electron chi connectivity index (χ2n) is 11.4. The molecule has 1 unspecified atom stereocenters. The minimum atomic E-state index is -1.76.